The molecule has 1 aromatic rings. The smallest absolute Gasteiger partial charge is 0.412 e. The van der Waals surface area contributed by atoms with Gasteiger partial charge < -0.3 is 4.74 Å². The van der Waals surface area contributed by atoms with Gasteiger partial charge in [0.2, 0.25) is 0 Å². The van der Waals surface area contributed by atoms with Gasteiger partial charge in [0.1, 0.15) is 5.60 Å². The SMILES string of the molecule is Cc1c(NC(=O)OC(C)(C)C)csc1I. The molecule has 0 aliphatic carbocycles. The Kier molecular flexibility index (Phi) is 3.99. The number of nitrogens with one attached hydrogen (secondary N) is 1. The van der Waals surface area contributed by atoms with Gasteiger partial charge in [-0.1, -0.05) is 0 Å². The van der Waals surface area contributed by atoms with Crippen LogP contribution in [-0.4, -0.2) is 11.7 Å². The number of thiophene rings is 1. The minimum absolute atomic E-state index is 0.403. The van der Waals surface area contributed by atoms with Crippen molar-refractivity contribution in [3.8, 4) is 0 Å². The molecule has 1 aromatic heterocycles. The third kappa shape index (κ3) is 3.98. The molecule has 1 rings (SSSR count). The van der Waals surface area contributed by atoms with Crippen LogP contribution < -0.4 is 5.32 Å². The topological polar surface area (TPSA) is 38.3 Å². The van der Waals surface area contributed by atoms with Crippen molar-refractivity contribution in [2.24, 2.45) is 0 Å². The summed E-state index contributed by atoms with van der Waals surface area (Å²) in [6, 6.07) is 0. The molecule has 0 saturated carbocycles. The highest BCUT2D eigenvalue weighted by Gasteiger charge is 2.17. The first-order valence-electron chi connectivity index (χ1n) is 4.53. The Morgan fingerprint density at radius 2 is 2.13 bits per heavy atom. The number of amides is 1. The highest BCUT2D eigenvalue weighted by molar-refractivity contribution is 14.1. The summed E-state index contributed by atoms with van der Waals surface area (Å²) in [6.07, 6.45) is -0.403. The maximum absolute atomic E-state index is 11.5. The second-order valence-electron chi connectivity index (χ2n) is 4.17. The molecule has 0 fully saturated rings. The Balaban J connectivity index is 2.63. The molecule has 1 N–H and O–H groups in total. The molecular weight excluding hydrogens is 325 g/mol. The average molecular weight is 339 g/mol. The lowest BCUT2D eigenvalue weighted by Gasteiger charge is -2.19. The summed E-state index contributed by atoms with van der Waals surface area (Å²) >= 11 is 3.85. The highest BCUT2D eigenvalue weighted by Crippen LogP contribution is 2.27. The zero-order valence-electron chi connectivity index (χ0n) is 9.18. The van der Waals surface area contributed by atoms with Gasteiger partial charge in [-0.15, -0.1) is 11.3 Å². The molecule has 0 bridgehead atoms. The lowest BCUT2D eigenvalue weighted by atomic mass is 10.2. The number of ether oxygens (including phenoxy) is 1. The van der Waals surface area contributed by atoms with Gasteiger partial charge in [0.05, 0.1) is 8.57 Å². The quantitative estimate of drug-likeness (QED) is 0.785. The second-order valence-corrected chi connectivity index (χ2v) is 6.87. The van der Waals surface area contributed by atoms with Crippen molar-refractivity contribution in [2.45, 2.75) is 33.3 Å². The zero-order chi connectivity index (χ0) is 11.6. The van der Waals surface area contributed by atoms with Crippen LogP contribution in [0.3, 0.4) is 0 Å². The van der Waals surface area contributed by atoms with E-state index in [1.807, 2.05) is 33.1 Å². The molecule has 0 aliphatic heterocycles. The van der Waals surface area contributed by atoms with E-state index in [1.54, 1.807) is 11.3 Å². The van der Waals surface area contributed by atoms with E-state index in [-0.39, 0.29) is 0 Å². The van der Waals surface area contributed by atoms with Gasteiger partial charge in [-0.3, -0.25) is 5.32 Å². The van der Waals surface area contributed by atoms with Crippen molar-refractivity contribution < 1.29 is 9.53 Å². The number of carbonyl (C=O) groups excluding carboxylic acids is 1. The van der Waals surface area contributed by atoms with Gasteiger partial charge in [0.15, 0.2) is 0 Å². The fourth-order valence-electron chi connectivity index (χ4n) is 0.930. The minimum atomic E-state index is -0.457. The third-order valence-electron chi connectivity index (χ3n) is 1.61. The van der Waals surface area contributed by atoms with Crippen molar-refractivity contribution in [1.82, 2.24) is 0 Å². The molecule has 1 heterocycles. The van der Waals surface area contributed by atoms with Crippen molar-refractivity contribution in [3.63, 3.8) is 0 Å². The van der Waals surface area contributed by atoms with Crippen LogP contribution in [0, 0.1) is 9.81 Å². The maximum atomic E-state index is 11.5. The molecule has 0 unspecified atom stereocenters. The number of hydrogen-bond acceptors (Lipinski definition) is 3. The molecular formula is C10H14INO2S. The van der Waals surface area contributed by atoms with E-state index >= 15 is 0 Å². The number of rotatable bonds is 1. The second kappa shape index (κ2) is 4.69. The third-order valence-corrected chi connectivity index (χ3v) is 4.05. The Labute approximate surface area is 107 Å². The highest BCUT2D eigenvalue weighted by atomic mass is 127. The summed E-state index contributed by atoms with van der Waals surface area (Å²) in [4.78, 5) is 11.5. The van der Waals surface area contributed by atoms with Gasteiger partial charge in [-0.2, -0.15) is 0 Å². The van der Waals surface area contributed by atoms with Gasteiger partial charge in [-0.05, 0) is 55.8 Å². The fourth-order valence-corrected chi connectivity index (χ4v) is 2.35. The van der Waals surface area contributed by atoms with Crippen molar-refractivity contribution in [3.05, 3.63) is 13.8 Å². The summed E-state index contributed by atoms with van der Waals surface area (Å²) in [7, 11) is 0. The van der Waals surface area contributed by atoms with Crippen LogP contribution in [0.25, 0.3) is 0 Å². The normalized spacial score (nSPS) is 11.3. The first kappa shape index (κ1) is 12.8. The van der Waals surface area contributed by atoms with Crippen molar-refractivity contribution >= 4 is 45.7 Å². The first-order valence-corrected chi connectivity index (χ1v) is 6.49. The van der Waals surface area contributed by atoms with E-state index in [1.165, 1.54) is 2.88 Å². The van der Waals surface area contributed by atoms with Crippen LogP contribution in [0.5, 0.6) is 0 Å². The van der Waals surface area contributed by atoms with E-state index in [2.05, 4.69) is 27.9 Å². The van der Waals surface area contributed by atoms with E-state index in [9.17, 15) is 4.79 Å². The fraction of sp³-hybridized carbons (Fsp3) is 0.500. The summed E-state index contributed by atoms with van der Waals surface area (Å²) < 4.78 is 6.34. The number of halogens is 1. The lowest BCUT2D eigenvalue weighted by Crippen LogP contribution is -2.27. The minimum Gasteiger partial charge on any atom is -0.444 e. The predicted octanol–water partition coefficient (Wildman–Crippen LogP) is 4.01. The monoisotopic (exact) mass is 339 g/mol. The molecule has 0 aliphatic rings. The largest absolute Gasteiger partial charge is 0.444 e. The molecule has 3 nitrogen and oxygen atoms in total. The first-order chi connectivity index (χ1) is 6.79. The Hall–Kier alpha value is -0.300. The van der Waals surface area contributed by atoms with Crippen LogP contribution in [-0.2, 0) is 4.74 Å². The zero-order valence-corrected chi connectivity index (χ0v) is 12.2. The van der Waals surface area contributed by atoms with Gasteiger partial charge in [0, 0.05) is 5.38 Å². The maximum Gasteiger partial charge on any atom is 0.412 e. The summed E-state index contributed by atoms with van der Waals surface area (Å²) in [5, 5.41) is 4.65. The molecule has 15 heavy (non-hydrogen) atoms. The van der Waals surface area contributed by atoms with E-state index in [0.29, 0.717) is 0 Å². The average Bonchev–Trinajstić information content (AvgIpc) is 2.32. The molecule has 0 spiro atoms. The summed E-state index contributed by atoms with van der Waals surface area (Å²) in [5.74, 6) is 0. The summed E-state index contributed by atoms with van der Waals surface area (Å²) in [5.41, 5.74) is 1.46. The molecule has 5 heteroatoms. The number of anilines is 1. The number of carbonyl (C=O) groups is 1. The molecule has 1 amide bonds. The standard InChI is InChI=1S/C10H14INO2S/c1-6-7(5-15-8(6)11)12-9(13)14-10(2,3)4/h5H,1-4H3,(H,12,13). The van der Waals surface area contributed by atoms with Crippen molar-refractivity contribution in [1.29, 1.82) is 0 Å². The van der Waals surface area contributed by atoms with Crippen molar-refractivity contribution in [2.75, 3.05) is 5.32 Å². The van der Waals surface area contributed by atoms with Crippen LogP contribution in [0.15, 0.2) is 5.38 Å². The van der Waals surface area contributed by atoms with Gasteiger partial charge in [0.25, 0.3) is 0 Å². The van der Waals surface area contributed by atoms with Crippen LogP contribution in [0.4, 0.5) is 10.5 Å². The molecule has 0 radical (unpaired) electrons. The molecule has 0 saturated heterocycles. The number of hydrogen-bond donors (Lipinski definition) is 1. The van der Waals surface area contributed by atoms with Gasteiger partial charge >= 0.3 is 6.09 Å². The Morgan fingerprint density at radius 1 is 1.53 bits per heavy atom. The van der Waals surface area contributed by atoms with Crippen LogP contribution in [0.1, 0.15) is 26.3 Å². The molecule has 84 valence electrons. The lowest BCUT2D eigenvalue weighted by molar-refractivity contribution is 0.0636. The Bertz CT molecular complexity index is 368. The van der Waals surface area contributed by atoms with Crippen LogP contribution in [0.2, 0.25) is 0 Å². The van der Waals surface area contributed by atoms with E-state index in [4.69, 9.17) is 4.74 Å². The molecule has 0 atom stereocenters. The van der Waals surface area contributed by atoms with Gasteiger partial charge in [-0.25, -0.2) is 4.79 Å². The predicted molar refractivity (Wildman–Crippen MR) is 71.6 cm³/mol. The van der Waals surface area contributed by atoms with Crippen LogP contribution >= 0.6 is 33.9 Å². The summed E-state index contributed by atoms with van der Waals surface area (Å²) in [6.45, 7) is 7.51. The molecule has 0 aromatic carbocycles. The Morgan fingerprint density at radius 3 is 2.53 bits per heavy atom. The van der Waals surface area contributed by atoms with E-state index in [0.717, 1.165) is 11.3 Å². The van der Waals surface area contributed by atoms with E-state index < -0.39 is 11.7 Å².